The number of fused-ring (bicyclic) bond motifs is 1. The Labute approximate surface area is 117 Å². The van der Waals surface area contributed by atoms with Crippen molar-refractivity contribution in [1.82, 2.24) is 19.5 Å². The van der Waals surface area contributed by atoms with Gasteiger partial charge in [-0.25, -0.2) is 9.97 Å². The van der Waals surface area contributed by atoms with Crippen molar-refractivity contribution in [1.29, 1.82) is 0 Å². The lowest BCUT2D eigenvalue weighted by Gasteiger charge is -2.06. The van der Waals surface area contributed by atoms with Gasteiger partial charge >= 0.3 is 0 Å². The van der Waals surface area contributed by atoms with Crippen molar-refractivity contribution < 1.29 is 12.6 Å². The number of rotatable bonds is 6. The molecule has 0 aliphatic carbocycles. The predicted molar refractivity (Wildman–Crippen MR) is 75.0 cm³/mol. The van der Waals surface area contributed by atoms with Gasteiger partial charge in [0.2, 0.25) is 5.95 Å². The lowest BCUT2D eigenvalue weighted by molar-refractivity contribution is 0.307. The van der Waals surface area contributed by atoms with Crippen molar-refractivity contribution in [2.45, 2.75) is 19.9 Å². The summed E-state index contributed by atoms with van der Waals surface area (Å²) in [5, 5.41) is 2.88. The smallest absolute Gasteiger partial charge is 0.264 e. The van der Waals surface area contributed by atoms with Crippen LogP contribution in [0.4, 0.5) is 5.95 Å². The molecule has 0 bridgehead atoms. The Hall–Kier alpha value is -1.74. The summed E-state index contributed by atoms with van der Waals surface area (Å²) in [6, 6.07) is 0. The zero-order valence-electron chi connectivity index (χ0n) is 11.6. The van der Waals surface area contributed by atoms with Crippen molar-refractivity contribution in [3.63, 3.8) is 0 Å². The summed E-state index contributed by atoms with van der Waals surface area (Å²) in [6.07, 6.45) is 3.25. The Balaban J connectivity index is 2.14. The highest BCUT2D eigenvalue weighted by Gasteiger charge is 2.10. The van der Waals surface area contributed by atoms with Crippen LogP contribution in [-0.2, 0) is 20.8 Å². The van der Waals surface area contributed by atoms with Crippen molar-refractivity contribution in [2.75, 3.05) is 25.2 Å². The van der Waals surface area contributed by atoms with E-state index in [4.69, 9.17) is 4.18 Å². The molecule has 0 saturated carbocycles. The summed E-state index contributed by atoms with van der Waals surface area (Å²) in [5.41, 5.74) is 1.44. The summed E-state index contributed by atoms with van der Waals surface area (Å²) < 4.78 is 28.4. The molecule has 0 amide bonds. The summed E-state index contributed by atoms with van der Waals surface area (Å²) in [5.74, 6) is 1.33. The predicted octanol–water partition coefficient (Wildman–Crippen LogP) is 0.543. The van der Waals surface area contributed by atoms with Gasteiger partial charge in [-0.05, 0) is 13.3 Å². The SMILES string of the molecule is CNc1ncc2nc(C)n(CCCOS(C)(=O)=O)c2n1. The van der Waals surface area contributed by atoms with E-state index in [0.29, 0.717) is 24.4 Å². The third kappa shape index (κ3) is 3.42. The fourth-order valence-electron chi connectivity index (χ4n) is 1.85. The van der Waals surface area contributed by atoms with Gasteiger partial charge in [0.1, 0.15) is 11.3 Å². The number of hydrogen-bond donors (Lipinski definition) is 1. The van der Waals surface area contributed by atoms with E-state index in [2.05, 4.69) is 20.3 Å². The molecule has 9 heteroatoms. The number of imidazole rings is 1. The van der Waals surface area contributed by atoms with Gasteiger partial charge in [-0.3, -0.25) is 4.18 Å². The minimum Gasteiger partial charge on any atom is -0.357 e. The van der Waals surface area contributed by atoms with Crippen LogP contribution in [0.15, 0.2) is 6.20 Å². The average Bonchev–Trinajstić information content (AvgIpc) is 2.68. The standard InChI is InChI=1S/C11H17N5O3S/c1-8-14-9-7-13-11(12-2)15-10(9)16(8)5-4-6-19-20(3,17)18/h7H,4-6H2,1-3H3,(H,12,13,15). The van der Waals surface area contributed by atoms with E-state index in [1.54, 1.807) is 13.2 Å². The van der Waals surface area contributed by atoms with E-state index < -0.39 is 10.1 Å². The van der Waals surface area contributed by atoms with Crippen molar-refractivity contribution in [2.24, 2.45) is 0 Å². The van der Waals surface area contributed by atoms with Gasteiger partial charge in [-0.2, -0.15) is 13.4 Å². The third-order valence-corrected chi connectivity index (χ3v) is 3.32. The molecule has 2 rings (SSSR count). The number of aryl methyl sites for hydroxylation is 2. The van der Waals surface area contributed by atoms with E-state index in [0.717, 1.165) is 17.7 Å². The van der Waals surface area contributed by atoms with Crippen LogP contribution >= 0.6 is 0 Å². The number of hydrogen-bond acceptors (Lipinski definition) is 7. The van der Waals surface area contributed by atoms with E-state index in [1.165, 1.54) is 0 Å². The van der Waals surface area contributed by atoms with Crippen molar-refractivity contribution in [3.8, 4) is 0 Å². The van der Waals surface area contributed by atoms with Crippen LogP contribution in [0.1, 0.15) is 12.2 Å². The molecule has 0 unspecified atom stereocenters. The molecule has 0 saturated heterocycles. The zero-order valence-corrected chi connectivity index (χ0v) is 12.4. The van der Waals surface area contributed by atoms with Crippen LogP contribution < -0.4 is 5.32 Å². The van der Waals surface area contributed by atoms with Gasteiger partial charge in [0.25, 0.3) is 10.1 Å². The molecule has 2 aromatic heterocycles. The Bertz CT molecular complexity index is 710. The van der Waals surface area contributed by atoms with Crippen LogP contribution in [0, 0.1) is 6.92 Å². The molecule has 2 aromatic rings. The van der Waals surface area contributed by atoms with Crippen LogP contribution in [0.25, 0.3) is 11.2 Å². The van der Waals surface area contributed by atoms with Crippen molar-refractivity contribution >= 4 is 27.2 Å². The Morgan fingerprint density at radius 1 is 1.40 bits per heavy atom. The molecule has 0 aromatic carbocycles. The second-order valence-electron chi connectivity index (χ2n) is 4.34. The summed E-state index contributed by atoms with van der Waals surface area (Å²) >= 11 is 0. The number of nitrogens with zero attached hydrogens (tertiary/aromatic N) is 4. The van der Waals surface area contributed by atoms with Gasteiger partial charge in [0, 0.05) is 13.6 Å². The first-order valence-electron chi connectivity index (χ1n) is 6.13. The normalized spacial score (nSPS) is 11.9. The fraction of sp³-hybridized carbons (Fsp3) is 0.545. The Morgan fingerprint density at radius 3 is 2.80 bits per heavy atom. The first-order chi connectivity index (χ1) is 9.40. The molecule has 1 N–H and O–H groups in total. The van der Waals surface area contributed by atoms with Gasteiger partial charge in [0.15, 0.2) is 5.65 Å². The summed E-state index contributed by atoms with van der Waals surface area (Å²) in [6.45, 7) is 2.60. The topological polar surface area (TPSA) is 99.0 Å². The minimum absolute atomic E-state index is 0.141. The molecule has 0 aliphatic rings. The van der Waals surface area contributed by atoms with Gasteiger partial charge < -0.3 is 9.88 Å². The van der Waals surface area contributed by atoms with Crippen LogP contribution in [0.3, 0.4) is 0 Å². The van der Waals surface area contributed by atoms with E-state index in [-0.39, 0.29) is 6.61 Å². The molecule has 0 radical (unpaired) electrons. The second-order valence-corrected chi connectivity index (χ2v) is 5.99. The average molecular weight is 299 g/mol. The largest absolute Gasteiger partial charge is 0.357 e. The highest BCUT2D eigenvalue weighted by atomic mass is 32.2. The number of nitrogens with one attached hydrogen (secondary N) is 1. The second kappa shape index (κ2) is 5.71. The fourth-order valence-corrected chi connectivity index (χ4v) is 2.27. The third-order valence-electron chi connectivity index (χ3n) is 2.73. The van der Waals surface area contributed by atoms with Crippen molar-refractivity contribution in [3.05, 3.63) is 12.0 Å². The highest BCUT2D eigenvalue weighted by Crippen LogP contribution is 2.15. The molecule has 8 nitrogen and oxygen atoms in total. The monoisotopic (exact) mass is 299 g/mol. The molecule has 110 valence electrons. The maximum atomic E-state index is 10.9. The maximum Gasteiger partial charge on any atom is 0.264 e. The molecular formula is C11H17N5O3S. The number of anilines is 1. The molecule has 20 heavy (non-hydrogen) atoms. The van der Waals surface area contributed by atoms with Crippen LogP contribution in [0.2, 0.25) is 0 Å². The maximum absolute atomic E-state index is 10.9. The summed E-state index contributed by atoms with van der Waals surface area (Å²) in [7, 11) is -1.64. The minimum atomic E-state index is -3.39. The molecule has 0 fully saturated rings. The van der Waals surface area contributed by atoms with Gasteiger partial charge in [0.05, 0.1) is 19.1 Å². The zero-order chi connectivity index (χ0) is 14.8. The summed E-state index contributed by atoms with van der Waals surface area (Å²) in [4.78, 5) is 12.8. The molecule has 0 spiro atoms. The lowest BCUT2D eigenvalue weighted by Crippen LogP contribution is -2.09. The van der Waals surface area contributed by atoms with E-state index in [1.807, 2.05) is 11.5 Å². The molecular weight excluding hydrogens is 282 g/mol. The van der Waals surface area contributed by atoms with E-state index in [9.17, 15) is 8.42 Å². The van der Waals surface area contributed by atoms with E-state index >= 15 is 0 Å². The highest BCUT2D eigenvalue weighted by molar-refractivity contribution is 7.85. The number of aromatic nitrogens is 4. The molecule has 0 atom stereocenters. The van der Waals surface area contributed by atoms with Gasteiger partial charge in [-0.15, -0.1) is 0 Å². The first-order valence-corrected chi connectivity index (χ1v) is 7.94. The van der Waals surface area contributed by atoms with Gasteiger partial charge in [-0.1, -0.05) is 0 Å². The Kier molecular flexibility index (Phi) is 4.19. The molecule has 0 aliphatic heterocycles. The Morgan fingerprint density at radius 2 is 2.15 bits per heavy atom. The molecule has 2 heterocycles. The van der Waals surface area contributed by atoms with Crippen LogP contribution in [0.5, 0.6) is 0 Å². The lowest BCUT2D eigenvalue weighted by atomic mass is 10.4. The van der Waals surface area contributed by atoms with Crippen LogP contribution in [-0.4, -0.2) is 47.8 Å². The first kappa shape index (κ1) is 14.7. The quantitative estimate of drug-likeness (QED) is 0.614.